The summed E-state index contributed by atoms with van der Waals surface area (Å²) in [5, 5.41) is 7.88. The van der Waals surface area contributed by atoms with Crippen LogP contribution in [-0.2, 0) is 17.2 Å². The number of aromatic nitrogens is 2. The second-order valence-electron chi connectivity index (χ2n) is 8.00. The predicted molar refractivity (Wildman–Crippen MR) is 124 cm³/mol. The molecule has 1 aromatic heterocycles. The monoisotopic (exact) mass is 525 g/mol. The van der Waals surface area contributed by atoms with Crippen molar-refractivity contribution in [2.75, 3.05) is 40.1 Å². The Balaban J connectivity index is 0.00000218. The van der Waals surface area contributed by atoms with Crippen molar-refractivity contribution in [3.8, 4) is 11.5 Å². The van der Waals surface area contributed by atoms with Crippen molar-refractivity contribution < 1.29 is 14.2 Å². The van der Waals surface area contributed by atoms with E-state index in [2.05, 4.69) is 32.4 Å². The fourth-order valence-electron chi connectivity index (χ4n) is 4.18. The first-order chi connectivity index (χ1) is 14.2. The van der Waals surface area contributed by atoms with Crippen molar-refractivity contribution in [3.05, 3.63) is 41.7 Å². The summed E-state index contributed by atoms with van der Waals surface area (Å²) in [5.41, 5.74) is 2.55. The van der Waals surface area contributed by atoms with Gasteiger partial charge in [-0.2, -0.15) is 5.10 Å². The number of ether oxygens (including phenoxy) is 3. The molecule has 1 N–H and O–H groups in total. The number of guanidine groups is 1. The van der Waals surface area contributed by atoms with Crippen molar-refractivity contribution in [2.24, 2.45) is 12.0 Å². The number of hydrogen-bond donors (Lipinski definition) is 1. The van der Waals surface area contributed by atoms with Gasteiger partial charge in [0.05, 0.1) is 19.3 Å². The molecule has 1 aromatic carbocycles. The molecule has 0 amide bonds. The molecule has 5 rings (SSSR count). The molecular formula is C21H28IN5O3. The van der Waals surface area contributed by atoms with Crippen LogP contribution in [0.1, 0.15) is 30.1 Å². The van der Waals surface area contributed by atoms with Crippen LogP contribution in [0.3, 0.4) is 0 Å². The van der Waals surface area contributed by atoms with Crippen molar-refractivity contribution in [1.82, 2.24) is 20.0 Å². The Morgan fingerprint density at radius 1 is 1.30 bits per heavy atom. The van der Waals surface area contributed by atoms with E-state index in [0.717, 1.165) is 55.5 Å². The molecule has 3 heterocycles. The maximum Gasteiger partial charge on any atom is 0.231 e. The van der Waals surface area contributed by atoms with Crippen LogP contribution in [0, 0.1) is 0 Å². The lowest BCUT2D eigenvalue weighted by Gasteiger charge is -2.35. The summed E-state index contributed by atoms with van der Waals surface area (Å²) in [6, 6.07) is 6.32. The zero-order chi connectivity index (χ0) is 19.8. The molecule has 0 bridgehead atoms. The van der Waals surface area contributed by atoms with Gasteiger partial charge in [-0.1, -0.05) is 6.07 Å². The van der Waals surface area contributed by atoms with E-state index in [1.807, 2.05) is 37.2 Å². The molecule has 0 spiro atoms. The normalized spacial score (nSPS) is 21.9. The van der Waals surface area contributed by atoms with Gasteiger partial charge < -0.3 is 24.4 Å². The number of rotatable bonds is 4. The van der Waals surface area contributed by atoms with Gasteiger partial charge >= 0.3 is 0 Å². The molecule has 162 valence electrons. The summed E-state index contributed by atoms with van der Waals surface area (Å²) in [6.45, 7) is 3.43. The van der Waals surface area contributed by atoms with Crippen LogP contribution in [-0.4, -0.2) is 60.7 Å². The number of nitrogens with one attached hydrogen (secondary N) is 1. The number of halogens is 1. The topological polar surface area (TPSA) is 73.1 Å². The smallest absolute Gasteiger partial charge is 0.231 e. The minimum Gasteiger partial charge on any atom is -0.454 e. The fraction of sp³-hybridized carbons (Fsp3) is 0.524. The van der Waals surface area contributed by atoms with E-state index in [0.29, 0.717) is 13.4 Å². The van der Waals surface area contributed by atoms with Gasteiger partial charge in [0.25, 0.3) is 0 Å². The molecule has 1 saturated heterocycles. The lowest BCUT2D eigenvalue weighted by atomic mass is 9.95. The maximum absolute atomic E-state index is 5.97. The van der Waals surface area contributed by atoms with Crippen LogP contribution in [0.2, 0.25) is 0 Å². The van der Waals surface area contributed by atoms with Gasteiger partial charge in [-0.05, 0) is 30.5 Å². The largest absolute Gasteiger partial charge is 0.454 e. The highest BCUT2D eigenvalue weighted by atomic mass is 127. The van der Waals surface area contributed by atoms with E-state index in [1.54, 1.807) is 0 Å². The summed E-state index contributed by atoms with van der Waals surface area (Å²) in [5.74, 6) is 2.61. The Morgan fingerprint density at radius 3 is 2.87 bits per heavy atom. The number of nitrogens with zero attached hydrogens (tertiary/aromatic N) is 4. The second kappa shape index (κ2) is 8.62. The SMILES string of the molecule is CN=C(NCC1(c2ccc3c(c2)OCO3)CC1)N1CCOC(c2cnn(C)c2)C1.I. The van der Waals surface area contributed by atoms with E-state index >= 15 is 0 Å². The first-order valence-corrected chi connectivity index (χ1v) is 10.1. The van der Waals surface area contributed by atoms with E-state index in [9.17, 15) is 0 Å². The summed E-state index contributed by atoms with van der Waals surface area (Å²) in [6.07, 6.45) is 6.24. The van der Waals surface area contributed by atoms with Gasteiger partial charge in [-0.15, -0.1) is 24.0 Å². The summed E-state index contributed by atoms with van der Waals surface area (Å²) >= 11 is 0. The van der Waals surface area contributed by atoms with Gasteiger partial charge in [0.15, 0.2) is 17.5 Å². The average molecular weight is 525 g/mol. The molecule has 0 radical (unpaired) electrons. The average Bonchev–Trinajstić information content (AvgIpc) is 3.17. The quantitative estimate of drug-likeness (QED) is 0.376. The predicted octanol–water partition coefficient (Wildman–Crippen LogP) is 2.45. The van der Waals surface area contributed by atoms with E-state index in [-0.39, 0.29) is 35.5 Å². The minimum absolute atomic E-state index is 0. The standard InChI is InChI=1S/C21H27N5O3.HI/c1-22-20(26-7-8-27-19(12-26)15-10-24-25(2)11-15)23-13-21(5-6-21)16-3-4-17-18(9-16)29-14-28-17;/h3-4,9-11,19H,5-8,12-14H2,1-2H3,(H,22,23);1H. The molecule has 2 aliphatic heterocycles. The summed E-state index contributed by atoms with van der Waals surface area (Å²) in [4.78, 5) is 6.81. The molecule has 3 aliphatic rings. The Morgan fingerprint density at radius 2 is 2.13 bits per heavy atom. The van der Waals surface area contributed by atoms with E-state index in [4.69, 9.17) is 14.2 Å². The molecule has 1 saturated carbocycles. The van der Waals surface area contributed by atoms with Crippen LogP contribution < -0.4 is 14.8 Å². The van der Waals surface area contributed by atoms with E-state index in [1.165, 1.54) is 5.56 Å². The molecule has 8 nitrogen and oxygen atoms in total. The molecular weight excluding hydrogens is 497 g/mol. The van der Waals surface area contributed by atoms with Crippen LogP contribution >= 0.6 is 24.0 Å². The third-order valence-corrected chi connectivity index (χ3v) is 6.10. The fourth-order valence-corrected chi connectivity index (χ4v) is 4.18. The number of hydrogen-bond acceptors (Lipinski definition) is 5. The Labute approximate surface area is 193 Å². The highest BCUT2D eigenvalue weighted by Crippen LogP contribution is 2.50. The minimum atomic E-state index is 0. The summed E-state index contributed by atoms with van der Waals surface area (Å²) < 4.78 is 18.8. The number of fused-ring (bicyclic) bond motifs is 1. The highest BCUT2D eigenvalue weighted by Gasteiger charge is 2.45. The molecule has 1 aliphatic carbocycles. The van der Waals surface area contributed by atoms with Gasteiger partial charge in [-0.3, -0.25) is 9.67 Å². The van der Waals surface area contributed by atoms with Crippen LogP contribution in [0.4, 0.5) is 0 Å². The lowest BCUT2D eigenvalue weighted by molar-refractivity contribution is -0.00805. The Hall–Kier alpha value is -2.01. The van der Waals surface area contributed by atoms with Gasteiger partial charge in [0.1, 0.15) is 6.10 Å². The zero-order valence-corrected chi connectivity index (χ0v) is 19.7. The molecule has 1 atom stereocenters. The molecule has 9 heteroatoms. The molecule has 30 heavy (non-hydrogen) atoms. The molecule has 1 unspecified atom stereocenters. The van der Waals surface area contributed by atoms with Crippen molar-refractivity contribution in [2.45, 2.75) is 24.4 Å². The zero-order valence-electron chi connectivity index (χ0n) is 17.3. The first-order valence-electron chi connectivity index (χ1n) is 10.1. The Kier molecular flexibility index (Phi) is 6.10. The third kappa shape index (κ3) is 4.09. The first kappa shape index (κ1) is 21.2. The number of aliphatic imine (C=N–C) groups is 1. The number of benzene rings is 1. The van der Waals surface area contributed by atoms with Gasteiger partial charge in [0.2, 0.25) is 6.79 Å². The second-order valence-corrected chi connectivity index (χ2v) is 8.00. The van der Waals surface area contributed by atoms with Crippen molar-refractivity contribution >= 4 is 29.9 Å². The van der Waals surface area contributed by atoms with Gasteiger partial charge in [0, 0.05) is 44.4 Å². The number of aryl methyl sites for hydroxylation is 1. The van der Waals surface area contributed by atoms with Gasteiger partial charge in [-0.25, -0.2) is 0 Å². The summed E-state index contributed by atoms with van der Waals surface area (Å²) in [7, 11) is 3.77. The number of morpholine rings is 1. The lowest BCUT2D eigenvalue weighted by Crippen LogP contribution is -2.49. The van der Waals surface area contributed by atoms with Crippen molar-refractivity contribution in [3.63, 3.8) is 0 Å². The third-order valence-electron chi connectivity index (χ3n) is 6.10. The maximum atomic E-state index is 5.97. The van der Waals surface area contributed by atoms with Crippen LogP contribution in [0.5, 0.6) is 11.5 Å². The highest BCUT2D eigenvalue weighted by molar-refractivity contribution is 14.0. The molecule has 2 aromatic rings. The molecule has 2 fully saturated rings. The van der Waals surface area contributed by atoms with Crippen molar-refractivity contribution in [1.29, 1.82) is 0 Å². The van der Waals surface area contributed by atoms with E-state index < -0.39 is 0 Å². The Bertz CT molecular complexity index is 927. The van der Waals surface area contributed by atoms with Crippen LogP contribution in [0.25, 0.3) is 0 Å². The van der Waals surface area contributed by atoms with Crippen LogP contribution in [0.15, 0.2) is 35.6 Å².